The Bertz CT molecular complexity index is 711. The number of carbonyl (C=O) groups is 1. The van der Waals surface area contributed by atoms with Crippen LogP contribution in [0.25, 0.3) is 0 Å². The Morgan fingerprint density at radius 2 is 2.24 bits per heavy atom. The fourth-order valence-electron chi connectivity index (χ4n) is 1.95. The van der Waals surface area contributed by atoms with Crippen LogP contribution in [-0.2, 0) is 13.5 Å². The van der Waals surface area contributed by atoms with Crippen LogP contribution < -0.4 is 11.1 Å². The first kappa shape index (κ1) is 15.5. The summed E-state index contributed by atoms with van der Waals surface area (Å²) in [5.41, 5.74) is 7.96. The number of nitrogens with one attached hydrogen (secondary N) is 1. The molecular weight excluding hydrogens is 308 g/mol. The molecule has 0 unspecified atom stereocenters. The van der Waals surface area contributed by atoms with Crippen LogP contribution in [0.4, 0.5) is 5.69 Å². The molecule has 5 nitrogen and oxygen atoms in total. The van der Waals surface area contributed by atoms with E-state index in [4.69, 9.17) is 29.6 Å². The normalized spacial score (nSPS) is 10.4. The highest BCUT2D eigenvalue weighted by Crippen LogP contribution is 2.24. The van der Waals surface area contributed by atoms with Crippen LogP contribution in [0.5, 0.6) is 0 Å². The first-order valence-electron chi connectivity index (χ1n) is 6.35. The molecule has 0 fully saturated rings. The van der Waals surface area contributed by atoms with Crippen molar-refractivity contribution in [2.45, 2.75) is 13.3 Å². The molecule has 0 aliphatic rings. The molecule has 110 valence electrons. The highest BCUT2D eigenvalue weighted by molar-refractivity contribution is 7.80. The van der Waals surface area contributed by atoms with Gasteiger partial charge in [-0.3, -0.25) is 9.48 Å². The molecule has 1 aromatic carbocycles. The largest absolute Gasteiger partial charge is 0.389 e. The summed E-state index contributed by atoms with van der Waals surface area (Å²) < 4.78 is 1.61. The summed E-state index contributed by atoms with van der Waals surface area (Å²) in [6.07, 6.45) is 2.35. The highest BCUT2D eigenvalue weighted by atomic mass is 35.5. The van der Waals surface area contributed by atoms with Crippen molar-refractivity contribution in [1.29, 1.82) is 0 Å². The Labute approximate surface area is 133 Å². The van der Waals surface area contributed by atoms with Crippen LogP contribution in [0.15, 0.2) is 24.4 Å². The Kier molecular flexibility index (Phi) is 4.59. The van der Waals surface area contributed by atoms with Gasteiger partial charge >= 0.3 is 0 Å². The summed E-state index contributed by atoms with van der Waals surface area (Å²) in [5.74, 6) is -0.262. The number of carbonyl (C=O) groups excluding carboxylic acids is 1. The number of thiocarbonyl (C=S) groups is 1. The smallest absolute Gasteiger partial charge is 0.259 e. The van der Waals surface area contributed by atoms with Crippen molar-refractivity contribution in [3.05, 3.63) is 46.2 Å². The average Bonchev–Trinajstić information content (AvgIpc) is 2.82. The Morgan fingerprint density at radius 1 is 1.52 bits per heavy atom. The zero-order chi connectivity index (χ0) is 15.6. The minimum absolute atomic E-state index is 0.248. The van der Waals surface area contributed by atoms with E-state index in [0.717, 1.165) is 5.69 Å². The predicted molar refractivity (Wildman–Crippen MR) is 87.9 cm³/mol. The number of benzene rings is 1. The fourth-order valence-corrected chi connectivity index (χ4v) is 2.24. The van der Waals surface area contributed by atoms with Gasteiger partial charge in [-0.1, -0.05) is 36.8 Å². The monoisotopic (exact) mass is 322 g/mol. The minimum atomic E-state index is -0.262. The summed E-state index contributed by atoms with van der Waals surface area (Å²) in [4.78, 5) is 12.6. The molecule has 21 heavy (non-hydrogen) atoms. The van der Waals surface area contributed by atoms with Crippen LogP contribution in [0.2, 0.25) is 5.02 Å². The Balaban J connectivity index is 2.31. The van der Waals surface area contributed by atoms with Gasteiger partial charge in [0.1, 0.15) is 4.99 Å². The Morgan fingerprint density at radius 3 is 2.86 bits per heavy atom. The SMILES string of the molecule is CCc1nn(C)cc1C(=O)Nc1cc(C(N)=S)ccc1Cl. The lowest BCUT2D eigenvalue weighted by Crippen LogP contribution is -2.15. The van der Waals surface area contributed by atoms with E-state index in [1.807, 2.05) is 6.92 Å². The molecular formula is C14H15ClN4OS. The number of aromatic nitrogens is 2. The molecule has 0 aliphatic heterocycles. The second-order valence-corrected chi connectivity index (χ2v) is 5.38. The third-order valence-electron chi connectivity index (χ3n) is 2.98. The maximum atomic E-state index is 12.4. The third kappa shape index (κ3) is 3.40. The van der Waals surface area contributed by atoms with Gasteiger partial charge in [0, 0.05) is 18.8 Å². The zero-order valence-corrected chi connectivity index (χ0v) is 13.3. The molecule has 0 atom stereocenters. The van der Waals surface area contributed by atoms with E-state index in [-0.39, 0.29) is 10.9 Å². The van der Waals surface area contributed by atoms with Gasteiger partial charge in [-0.15, -0.1) is 0 Å². The topological polar surface area (TPSA) is 72.9 Å². The van der Waals surface area contributed by atoms with E-state index in [1.54, 1.807) is 36.1 Å². The molecule has 0 saturated heterocycles. The minimum Gasteiger partial charge on any atom is -0.389 e. The van der Waals surface area contributed by atoms with E-state index < -0.39 is 0 Å². The number of halogens is 1. The van der Waals surface area contributed by atoms with Gasteiger partial charge in [0.05, 0.1) is 22.0 Å². The molecule has 1 heterocycles. The number of nitrogens with two attached hydrogens (primary N) is 1. The van der Waals surface area contributed by atoms with Gasteiger partial charge in [-0.05, 0) is 18.6 Å². The van der Waals surface area contributed by atoms with Gasteiger partial charge in [0.2, 0.25) is 0 Å². The molecule has 7 heteroatoms. The number of rotatable bonds is 4. The van der Waals surface area contributed by atoms with Gasteiger partial charge in [-0.2, -0.15) is 5.10 Å². The van der Waals surface area contributed by atoms with Crippen LogP contribution in [-0.4, -0.2) is 20.7 Å². The van der Waals surface area contributed by atoms with Crippen molar-refractivity contribution >= 4 is 40.4 Å². The van der Waals surface area contributed by atoms with Gasteiger partial charge in [0.25, 0.3) is 5.91 Å². The lowest BCUT2D eigenvalue weighted by atomic mass is 10.1. The van der Waals surface area contributed by atoms with Crippen molar-refractivity contribution < 1.29 is 4.79 Å². The third-order valence-corrected chi connectivity index (χ3v) is 3.55. The molecule has 0 bridgehead atoms. The number of hydrogen-bond acceptors (Lipinski definition) is 3. The van der Waals surface area contributed by atoms with Crippen LogP contribution in [0, 0.1) is 0 Å². The highest BCUT2D eigenvalue weighted by Gasteiger charge is 2.16. The second-order valence-electron chi connectivity index (χ2n) is 4.53. The quantitative estimate of drug-likeness (QED) is 0.848. The molecule has 3 N–H and O–H groups in total. The first-order chi connectivity index (χ1) is 9.92. The summed E-state index contributed by atoms with van der Waals surface area (Å²) in [6.45, 7) is 1.94. The van der Waals surface area contributed by atoms with Crippen molar-refractivity contribution in [2.75, 3.05) is 5.32 Å². The Hall–Kier alpha value is -1.92. The van der Waals surface area contributed by atoms with Gasteiger partial charge in [0.15, 0.2) is 0 Å². The second kappa shape index (κ2) is 6.24. The molecule has 1 amide bonds. The molecule has 2 rings (SSSR count). The number of nitrogens with zero attached hydrogens (tertiary/aromatic N) is 2. The average molecular weight is 323 g/mol. The van der Waals surface area contributed by atoms with Crippen molar-refractivity contribution in [2.24, 2.45) is 12.8 Å². The van der Waals surface area contributed by atoms with Crippen molar-refractivity contribution in [3.63, 3.8) is 0 Å². The maximum absolute atomic E-state index is 12.4. The number of anilines is 1. The van der Waals surface area contributed by atoms with Crippen molar-refractivity contribution in [3.8, 4) is 0 Å². The van der Waals surface area contributed by atoms with E-state index in [9.17, 15) is 4.79 Å². The number of hydrogen-bond donors (Lipinski definition) is 2. The fraction of sp³-hybridized carbons (Fsp3) is 0.214. The number of amides is 1. The molecule has 0 spiro atoms. The van der Waals surface area contributed by atoms with E-state index in [1.165, 1.54) is 0 Å². The van der Waals surface area contributed by atoms with Crippen LogP contribution >= 0.6 is 23.8 Å². The summed E-state index contributed by atoms with van der Waals surface area (Å²) in [6, 6.07) is 5.02. The van der Waals surface area contributed by atoms with Crippen LogP contribution in [0.3, 0.4) is 0 Å². The first-order valence-corrected chi connectivity index (χ1v) is 7.14. The maximum Gasteiger partial charge on any atom is 0.259 e. The summed E-state index contributed by atoms with van der Waals surface area (Å²) >= 11 is 11.0. The standard InChI is InChI=1S/C14H15ClN4OS/c1-3-11-9(7-19(2)18-11)14(20)17-12-6-8(13(16)21)4-5-10(12)15/h4-7H,3H2,1-2H3,(H2,16,21)(H,17,20). The lowest BCUT2D eigenvalue weighted by molar-refractivity contribution is 0.102. The molecule has 0 saturated carbocycles. The number of aryl methyl sites for hydroxylation is 2. The lowest BCUT2D eigenvalue weighted by Gasteiger charge is -2.09. The van der Waals surface area contributed by atoms with Gasteiger partial charge < -0.3 is 11.1 Å². The molecule has 1 aromatic heterocycles. The van der Waals surface area contributed by atoms with E-state index in [0.29, 0.717) is 28.3 Å². The zero-order valence-electron chi connectivity index (χ0n) is 11.7. The van der Waals surface area contributed by atoms with Crippen molar-refractivity contribution in [1.82, 2.24) is 9.78 Å². The summed E-state index contributed by atoms with van der Waals surface area (Å²) in [5, 5.41) is 7.43. The van der Waals surface area contributed by atoms with Crippen LogP contribution in [0.1, 0.15) is 28.5 Å². The molecule has 2 aromatic rings. The van der Waals surface area contributed by atoms with E-state index >= 15 is 0 Å². The summed E-state index contributed by atoms with van der Waals surface area (Å²) in [7, 11) is 1.77. The van der Waals surface area contributed by atoms with E-state index in [2.05, 4.69) is 10.4 Å². The van der Waals surface area contributed by atoms with Gasteiger partial charge in [-0.25, -0.2) is 0 Å². The molecule has 0 aliphatic carbocycles. The predicted octanol–water partition coefficient (Wildman–Crippen LogP) is 2.52. The molecule has 0 radical (unpaired) electrons.